The molecule has 0 amide bonds. The van der Waals surface area contributed by atoms with Crippen LogP contribution in [0.1, 0.15) is 20.8 Å². The Labute approximate surface area is 73.2 Å². The van der Waals surface area contributed by atoms with Crippen LogP contribution in [0.5, 0.6) is 0 Å². The molecule has 0 saturated carbocycles. The molecule has 1 aliphatic rings. The van der Waals surface area contributed by atoms with Crippen LogP contribution in [0.25, 0.3) is 0 Å². The van der Waals surface area contributed by atoms with E-state index in [0.29, 0.717) is 6.54 Å². The molecule has 2 N–H and O–H groups in total. The third-order valence-corrected chi connectivity index (χ3v) is 2.64. The van der Waals surface area contributed by atoms with Crippen molar-refractivity contribution in [2.45, 2.75) is 20.8 Å². The van der Waals surface area contributed by atoms with E-state index in [1.165, 1.54) is 0 Å². The molecule has 0 radical (unpaired) electrons. The van der Waals surface area contributed by atoms with Crippen molar-refractivity contribution in [2.24, 2.45) is 17.3 Å². The highest BCUT2D eigenvalue weighted by atomic mass is 16.4. The first-order valence-electron chi connectivity index (χ1n) is 4.36. The SMILES string of the molecule is CC(C)(C)[C@@H]1CNC[C@H]1C(=O)O. The molecule has 0 aromatic rings. The van der Waals surface area contributed by atoms with Gasteiger partial charge in [0.15, 0.2) is 0 Å². The normalized spacial score (nSPS) is 30.6. The van der Waals surface area contributed by atoms with Gasteiger partial charge < -0.3 is 10.4 Å². The van der Waals surface area contributed by atoms with E-state index < -0.39 is 5.97 Å². The highest BCUT2D eigenvalue weighted by Gasteiger charge is 2.39. The minimum atomic E-state index is -0.667. The molecule has 0 aromatic carbocycles. The first-order valence-corrected chi connectivity index (χ1v) is 4.36. The molecule has 2 atom stereocenters. The summed E-state index contributed by atoms with van der Waals surface area (Å²) in [6.07, 6.45) is 0. The summed E-state index contributed by atoms with van der Waals surface area (Å²) in [4.78, 5) is 10.8. The molecule has 0 unspecified atom stereocenters. The van der Waals surface area contributed by atoms with E-state index in [-0.39, 0.29) is 17.3 Å². The van der Waals surface area contributed by atoms with Gasteiger partial charge in [0.25, 0.3) is 0 Å². The van der Waals surface area contributed by atoms with E-state index in [1.54, 1.807) is 0 Å². The van der Waals surface area contributed by atoms with E-state index in [2.05, 4.69) is 26.1 Å². The molecule has 12 heavy (non-hydrogen) atoms. The molecule has 1 saturated heterocycles. The quantitative estimate of drug-likeness (QED) is 0.617. The van der Waals surface area contributed by atoms with Crippen molar-refractivity contribution >= 4 is 5.97 Å². The van der Waals surface area contributed by atoms with Gasteiger partial charge in [-0.1, -0.05) is 20.8 Å². The molecule has 0 aliphatic carbocycles. The smallest absolute Gasteiger partial charge is 0.308 e. The summed E-state index contributed by atoms with van der Waals surface area (Å²) in [7, 11) is 0. The number of hydrogen-bond donors (Lipinski definition) is 2. The van der Waals surface area contributed by atoms with Gasteiger partial charge in [-0.05, 0) is 17.9 Å². The van der Waals surface area contributed by atoms with Crippen LogP contribution in [-0.2, 0) is 4.79 Å². The van der Waals surface area contributed by atoms with Gasteiger partial charge in [-0.2, -0.15) is 0 Å². The molecule has 1 rings (SSSR count). The zero-order valence-electron chi connectivity index (χ0n) is 7.92. The third kappa shape index (κ3) is 1.78. The minimum Gasteiger partial charge on any atom is -0.481 e. The lowest BCUT2D eigenvalue weighted by Crippen LogP contribution is -2.31. The Kier molecular flexibility index (Phi) is 2.42. The van der Waals surface area contributed by atoms with Gasteiger partial charge in [0.2, 0.25) is 0 Å². The van der Waals surface area contributed by atoms with Crippen LogP contribution < -0.4 is 5.32 Å². The van der Waals surface area contributed by atoms with E-state index in [1.807, 2.05) is 0 Å². The van der Waals surface area contributed by atoms with E-state index in [9.17, 15) is 4.79 Å². The minimum absolute atomic E-state index is 0.0898. The number of rotatable bonds is 1. The fraction of sp³-hybridized carbons (Fsp3) is 0.889. The standard InChI is InChI=1S/C9H17NO2/c1-9(2,3)7-5-10-4-6(7)8(11)12/h6-7,10H,4-5H2,1-3H3,(H,11,12)/t6-,7-/m1/s1. The fourth-order valence-corrected chi connectivity index (χ4v) is 1.85. The summed E-state index contributed by atoms with van der Waals surface area (Å²) in [5.41, 5.74) is 0.0898. The Morgan fingerprint density at radius 3 is 2.33 bits per heavy atom. The van der Waals surface area contributed by atoms with E-state index in [4.69, 9.17) is 5.11 Å². The number of nitrogens with one attached hydrogen (secondary N) is 1. The first-order chi connectivity index (χ1) is 5.43. The van der Waals surface area contributed by atoms with Crippen molar-refractivity contribution in [3.05, 3.63) is 0 Å². The Morgan fingerprint density at radius 2 is 2.00 bits per heavy atom. The summed E-state index contributed by atoms with van der Waals surface area (Å²) in [6, 6.07) is 0. The summed E-state index contributed by atoms with van der Waals surface area (Å²) < 4.78 is 0. The average Bonchev–Trinajstić information content (AvgIpc) is 2.30. The van der Waals surface area contributed by atoms with Gasteiger partial charge in [0, 0.05) is 6.54 Å². The van der Waals surface area contributed by atoms with Crippen LogP contribution in [0, 0.1) is 17.3 Å². The summed E-state index contributed by atoms with van der Waals surface area (Å²) in [6.45, 7) is 7.75. The van der Waals surface area contributed by atoms with Crippen molar-refractivity contribution < 1.29 is 9.90 Å². The summed E-state index contributed by atoms with van der Waals surface area (Å²) in [5.74, 6) is -0.611. The molecule has 1 heterocycles. The lowest BCUT2D eigenvalue weighted by atomic mass is 9.75. The maximum Gasteiger partial charge on any atom is 0.308 e. The number of hydrogen-bond acceptors (Lipinski definition) is 2. The van der Waals surface area contributed by atoms with Crippen LogP contribution in [-0.4, -0.2) is 24.2 Å². The fourth-order valence-electron chi connectivity index (χ4n) is 1.85. The predicted molar refractivity (Wildman–Crippen MR) is 46.9 cm³/mol. The number of carboxylic acid groups (broad SMARTS) is 1. The lowest BCUT2D eigenvalue weighted by molar-refractivity contribution is -0.143. The molecule has 70 valence electrons. The van der Waals surface area contributed by atoms with Crippen molar-refractivity contribution in [2.75, 3.05) is 13.1 Å². The van der Waals surface area contributed by atoms with Crippen molar-refractivity contribution in [3.8, 4) is 0 Å². The Bertz CT molecular complexity index is 183. The molecule has 1 fully saturated rings. The highest BCUT2D eigenvalue weighted by Crippen LogP contribution is 2.34. The molecule has 1 aliphatic heterocycles. The zero-order chi connectivity index (χ0) is 9.35. The van der Waals surface area contributed by atoms with Crippen LogP contribution in [0.15, 0.2) is 0 Å². The maximum absolute atomic E-state index is 10.8. The van der Waals surface area contributed by atoms with Crippen LogP contribution >= 0.6 is 0 Å². The Hall–Kier alpha value is -0.570. The van der Waals surface area contributed by atoms with Gasteiger partial charge in [0.1, 0.15) is 0 Å². The van der Waals surface area contributed by atoms with Crippen LogP contribution in [0.3, 0.4) is 0 Å². The topological polar surface area (TPSA) is 49.3 Å². The monoisotopic (exact) mass is 171 g/mol. The zero-order valence-corrected chi connectivity index (χ0v) is 7.92. The Morgan fingerprint density at radius 1 is 1.42 bits per heavy atom. The number of carboxylic acids is 1. The third-order valence-electron chi connectivity index (χ3n) is 2.64. The van der Waals surface area contributed by atoms with Crippen molar-refractivity contribution in [1.29, 1.82) is 0 Å². The highest BCUT2D eigenvalue weighted by molar-refractivity contribution is 5.71. The molecule has 0 spiro atoms. The Balaban J connectivity index is 2.71. The second-order valence-corrected chi connectivity index (χ2v) is 4.58. The molecule has 3 heteroatoms. The van der Waals surface area contributed by atoms with Crippen LogP contribution in [0.2, 0.25) is 0 Å². The molecular formula is C9H17NO2. The first kappa shape index (κ1) is 9.52. The van der Waals surface area contributed by atoms with Gasteiger partial charge in [0.05, 0.1) is 5.92 Å². The largest absolute Gasteiger partial charge is 0.481 e. The number of aliphatic carboxylic acids is 1. The summed E-state index contributed by atoms with van der Waals surface area (Å²) >= 11 is 0. The lowest BCUT2D eigenvalue weighted by Gasteiger charge is -2.29. The second kappa shape index (κ2) is 3.05. The summed E-state index contributed by atoms with van der Waals surface area (Å²) in [5, 5.41) is 12.0. The van der Waals surface area contributed by atoms with E-state index in [0.717, 1.165) is 6.54 Å². The molecule has 0 aromatic heterocycles. The van der Waals surface area contributed by atoms with Gasteiger partial charge in [-0.25, -0.2) is 0 Å². The molecule has 0 bridgehead atoms. The predicted octanol–water partition coefficient (Wildman–Crippen LogP) is 0.953. The van der Waals surface area contributed by atoms with Crippen LogP contribution in [0.4, 0.5) is 0 Å². The molecule has 3 nitrogen and oxygen atoms in total. The van der Waals surface area contributed by atoms with Gasteiger partial charge in [-0.15, -0.1) is 0 Å². The average molecular weight is 171 g/mol. The second-order valence-electron chi connectivity index (χ2n) is 4.58. The van der Waals surface area contributed by atoms with E-state index >= 15 is 0 Å². The van der Waals surface area contributed by atoms with Gasteiger partial charge >= 0.3 is 5.97 Å². The van der Waals surface area contributed by atoms with Crippen molar-refractivity contribution in [3.63, 3.8) is 0 Å². The maximum atomic E-state index is 10.8. The molecular weight excluding hydrogens is 154 g/mol. The van der Waals surface area contributed by atoms with Gasteiger partial charge in [-0.3, -0.25) is 4.79 Å². The number of carbonyl (C=O) groups is 1. The van der Waals surface area contributed by atoms with Crippen molar-refractivity contribution in [1.82, 2.24) is 5.32 Å².